The van der Waals surface area contributed by atoms with Crippen molar-refractivity contribution in [1.29, 1.82) is 0 Å². The number of hydrogen-bond acceptors (Lipinski definition) is 11. The van der Waals surface area contributed by atoms with Gasteiger partial charge in [-0.2, -0.15) is 0 Å². The first-order valence-electron chi connectivity index (χ1n) is 10.5. The second kappa shape index (κ2) is 10.8. The number of benzene rings is 1. The molecule has 3 rings (SSSR count). The van der Waals surface area contributed by atoms with Crippen molar-refractivity contribution in [2.75, 3.05) is 70.1 Å². The van der Waals surface area contributed by atoms with Crippen LogP contribution in [0.3, 0.4) is 0 Å². The topological polar surface area (TPSA) is 141 Å². The second-order valence-corrected chi connectivity index (χ2v) is 7.32. The highest BCUT2D eigenvalue weighted by Gasteiger charge is 2.36. The SMILES string of the molecule is CCOC(=O)N1CCN(c2ccc([N+](=O)[O-])c(N3COCC(C(=O)OC)=C3C(=O)OC)c2)CC1. The number of methoxy groups -OCH3 is 2. The molecule has 0 aromatic heterocycles. The van der Waals surface area contributed by atoms with Crippen molar-refractivity contribution in [2.45, 2.75) is 6.92 Å². The first-order valence-corrected chi connectivity index (χ1v) is 10.5. The third kappa shape index (κ3) is 5.03. The summed E-state index contributed by atoms with van der Waals surface area (Å²) in [6, 6.07) is 4.46. The van der Waals surface area contributed by atoms with E-state index in [9.17, 15) is 24.5 Å². The average molecular weight is 478 g/mol. The van der Waals surface area contributed by atoms with Crippen LogP contribution in [0.1, 0.15) is 6.92 Å². The standard InChI is InChI=1S/C21H26N4O9/c1-4-34-21(28)23-9-7-22(8-10-23)14-5-6-16(25(29)30)17(11-14)24-13-33-12-15(19(26)31-2)18(24)20(27)32-3/h5-6,11H,4,7-10,12-13H2,1-3H3. The summed E-state index contributed by atoms with van der Waals surface area (Å²) >= 11 is 0. The van der Waals surface area contributed by atoms with Crippen molar-refractivity contribution in [1.82, 2.24) is 4.90 Å². The van der Waals surface area contributed by atoms with Gasteiger partial charge in [-0.05, 0) is 19.1 Å². The van der Waals surface area contributed by atoms with Gasteiger partial charge in [0.1, 0.15) is 18.1 Å². The fourth-order valence-corrected chi connectivity index (χ4v) is 3.77. The van der Waals surface area contributed by atoms with E-state index in [0.29, 0.717) is 31.9 Å². The smallest absolute Gasteiger partial charge is 0.409 e. The Morgan fingerprint density at radius 1 is 1.09 bits per heavy atom. The summed E-state index contributed by atoms with van der Waals surface area (Å²) < 4.78 is 20.1. The van der Waals surface area contributed by atoms with Crippen LogP contribution in [0.4, 0.5) is 21.9 Å². The molecule has 1 aromatic rings. The minimum absolute atomic E-state index is 0.0526. The highest BCUT2D eigenvalue weighted by molar-refractivity contribution is 6.04. The van der Waals surface area contributed by atoms with Gasteiger partial charge in [-0.1, -0.05) is 0 Å². The van der Waals surface area contributed by atoms with Crippen LogP contribution in [-0.2, 0) is 28.5 Å². The quantitative estimate of drug-likeness (QED) is 0.252. The van der Waals surface area contributed by atoms with Gasteiger partial charge in [-0.15, -0.1) is 0 Å². The predicted molar refractivity (Wildman–Crippen MR) is 118 cm³/mol. The molecule has 0 N–H and O–H groups in total. The molecule has 1 amide bonds. The molecular formula is C21H26N4O9. The maximum absolute atomic E-state index is 12.6. The lowest BCUT2D eigenvalue weighted by Crippen LogP contribution is -2.49. The lowest BCUT2D eigenvalue weighted by molar-refractivity contribution is -0.384. The zero-order chi connectivity index (χ0) is 24.8. The van der Waals surface area contributed by atoms with Crippen molar-refractivity contribution in [3.05, 3.63) is 39.6 Å². The highest BCUT2D eigenvalue weighted by Crippen LogP contribution is 2.37. The average Bonchev–Trinajstić information content (AvgIpc) is 2.87. The van der Waals surface area contributed by atoms with Crippen LogP contribution in [0, 0.1) is 10.1 Å². The number of carbonyl (C=O) groups excluding carboxylic acids is 3. The fraction of sp³-hybridized carbons (Fsp3) is 0.476. The Kier molecular flexibility index (Phi) is 7.89. The third-order valence-corrected chi connectivity index (χ3v) is 5.45. The summed E-state index contributed by atoms with van der Waals surface area (Å²) in [5.41, 5.74) is 0.108. The van der Waals surface area contributed by atoms with Crippen LogP contribution in [0.15, 0.2) is 29.5 Å². The number of nitrogens with zero attached hydrogens (tertiary/aromatic N) is 4. The first kappa shape index (κ1) is 24.8. The number of anilines is 2. The van der Waals surface area contributed by atoms with Gasteiger partial charge in [-0.3, -0.25) is 10.1 Å². The van der Waals surface area contributed by atoms with E-state index in [4.69, 9.17) is 18.9 Å². The molecule has 0 bridgehead atoms. The Morgan fingerprint density at radius 2 is 1.76 bits per heavy atom. The van der Waals surface area contributed by atoms with Crippen molar-refractivity contribution in [2.24, 2.45) is 0 Å². The molecule has 1 fully saturated rings. The molecule has 0 spiro atoms. The Balaban J connectivity index is 1.98. The maximum atomic E-state index is 12.6. The zero-order valence-corrected chi connectivity index (χ0v) is 19.1. The number of nitro groups is 1. The molecule has 2 heterocycles. The lowest BCUT2D eigenvalue weighted by Gasteiger charge is -2.36. The summed E-state index contributed by atoms with van der Waals surface area (Å²) in [5.74, 6) is -1.66. The van der Waals surface area contributed by atoms with Gasteiger partial charge < -0.3 is 33.6 Å². The van der Waals surface area contributed by atoms with E-state index in [1.54, 1.807) is 24.0 Å². The fourth-order valence-electron chi connectivity index (χ4n) is 3.77. The number of esters is 2. The van der Waals surface area contributed by atoms with Gasteiger partial charge in [0, 0.05) is 37.9 Å². The van der Waals surface area contributed by atoms with E-state index < -0.39 is 16.9 Å². The molecular weight excluding hydrogens is 452 g/mol. The second-order valence-electron chi connectivity index (χ2n) is 7.32. The van der Waals surface area contributed by atoms with Crippen LogP contribution in [-0.4, -0.2) is 88.2 Å². The molecule has 0 aliphatic carbocycles. The molecule has 13 nitrogen and oxygen atoms in total. The summed E-state index contributed by atoms with van der Waals surface area (Å²) in [4.78, 5) is 52.8. The van der Waals surface area contributed by atoms with Crippen molar-refractivity contribution in [3.8, 4) is 0 Å². The van der Waals surface area contributed by atoms with Gasteiger partial charge in [0.25, 0.3) is 5.69 Å². The first-order chi connectivity index (χ1) is 16.3. The molecule has 0 radical (unpaired) electrons. The van der Waals surface area contributed by atoms with Crippen LogP contribution in [0.5, 0.6) is 0 Å². The van der Waals surface area contributed by atoms with Gasteiger partial charge in [0.2, 0.25) is 0 Å². The number of amides is 1. The number of hydrogen-bond donors (Lipinski definition) is 0. The van der Waals surface area contributed by atoms with E-state index in [0.717, 1.165) is 14.2 Å². The van der Waals surface area contributed by atoms with Crippen LogP contribution >= 0.6 is 0 Å². The summed E-state index contributed by atoms with van der Waals surface area (Å²) in [5, 5.41) is 11.8. The van der Waals surface area contributed by atoms with Gasteiger partial charge in [-0.25, -0.2) is 14.4 Å². The molecule has 13 heteroatoms. The van der Waals surface area contributed by atoms with Gasteiger partial charge >= 0.3 is 18.0 Å². The predicted octanol–water partition coefficient (Wildman–Crippen LogP) is 1.27. The Bertz CT molecular complexity index is 1000. The minimum Gasteiger partial charge on any atom is -0.466 e. The van der Waals surface area contributed by atoms with Crippen LogP contribution in [0.25, 0.3) is 0 Å². The monoisotopic (exact) mass is 478 g/mol. The summed E-state index contributed by atoms with van der Waals surface area (Å²) in [6.45, 7) is 3.36. The number of carbonyl (C=O) groups is 3. The lowest BCUT2D eigenvalue weighted by atomic mass is 10.1. The maximum Gasteiger partial charge on any atom is 0.409 e. The third-order valence-electron chi connectivity index (χ3n) is 5.45. The molecule has 2 aliphatic rings. The number of piperazine rings is 1. The van der Waals surface area contributed by atoms with E-state index in [1.807, 2.05) is 4.90 Å². The molecule has 0 atom stereocenters. The Morgan fingerprint density at radius 3 is 2.35 bits per heavy atom. The van der Waals surface area contributed by atoms with E-state index >= 15 is 0 Å². The molecule has 0 saturated carbocycles. The zero-order valence-electron chi connectivity index (χ0n) is 19.1. The molecule has 1 aromatic carbocycles. The van der Waals surface area contributed by atoms with E-state index in [1.165, 1.54) is 11.0 Å². The van der Waals surface area contributed by atoms with Crippen molar-refractivity contribution >= 4 is 35.1 Å². The van der Waals surface area contributed by atoms with Crippen LogP contribution < -0.4 is 9.80 Å². The minimum atomic E-state index is -0.855. The summed E-state index contributed by atoms with van der Waals surface area (Å²) in [7, 11) is 2.30. The van der Waals surface area contributed by atoms with E-state index in [2.05, 4.69) is 0 Å². The Hall–Kier alpha value is -3.87. The molecule has 34 heavy (non-hydrogen) atoms. The molecule has 184 valence electrons. The molecule has 1 saturated heterocycles. The number of ether oxygens (including phenoxy) is 4. The largest absolute Gasteiger partial charge is 0.466 e. The normalized spacial score (nSPS) is 16.3. The number of rotatable bonds is 6. The van der Waals surface area contributed by atoms with Gasteiger partial charge in [0.05, 0.1) is 37.9 Å². The molecule has 0 unspecified atom stereocenters. The number of nitro benzene ring substituents is 1. The van der Waals surface area contributed by atoms with Crippen molar-refractivity contribution in [3.63, 3.8) is 0 Å². The van der Waals surface area contributed by atoms with Crippen LogP contribution in [0.2, 0.25) is 0 Å². The van der Waals surface area contributed by atoms with Crippen molar-refractivity contribution < 1.29 is 38.3 Å². The Labute approximate surface area is 195 Å². The van der Waals surface area contributed by atoms with Gasteiger partial charge in [0.15, 0.2) is 0 Å². The molecule has 2 aliphatic heterocycles. The highest BCUT2D eigenvalue weighted by atomic mass is 16.6. The summed E-state index contributed by atoms with van der Waals surface area (Å²) in [6.07, 6.45) is -0.389. The van der Waals surface area contributed by atoms with E-state index in [-0.39, 0.29) is 48.7 Å².